The number of carbonyl (C=O) groups excluding carboxylic acids is 1. The number of likely N-dealkylation sites (tertiary alicyclic amines) is 1. The van der Waals surface area contributed by atoms with Crippen molar-refractivity contribution in [1.29, 1.82) is 0 Å². The molecule has 1 unspecified atom stereocenters. The number of rotatable bonds is 8. The molecule has 0 bridgehead atoms. The van der Waals surface area contributed by atoms with Gasteiger partial charge < -0.3 is 14.4 Å². The molecule has 4 heteroatoms. The minimum Gasteiger partial charge on any atom is -0.463 e. The molecule has 0 aliphatic carbocycles. The van der Waals surface area contributed by atoms with E-state index >= 15 is 0 Å². The summed E-state index contributed by atoms with van der Waals surface area (Å²) in [6, 6.07) is 19.8. The topological polar surface area (TPSA) is 38.8 Å². The Labute approximate surface area is 162 Å². The fourth-order valence-electron chi connectivity index (χ4n) is 3.92. The van der Waals surface area contributed by atoms with Gasteiger partial charge in [-0.05, 0) is 50.9 Å². The van der Waals surface area contributed by atoms with Gasteiger partial charge in [0.2, 0.25) is 5.60 Å². The Balaban J connectivity index is 1.85. The molecular weight excluding hydrogens is 338 g/mol. The first kappa shape index (κ1) is 19.6. The van der Waals surface area contributed by atoms with E-state index in [1.807, 2.05) is 67.6 Å². The van der Waals surface area contributed by atoms with E-state index in [1.165, 1.54) is 12.8 Å². The maximum Gasteiger partial charge on any atom is 0.347 e. The first-order chi connectivity index (χ1) is 13.2. The van der Waals surface area contributed by atoms with Crippen LogP contribution in [0.2, 0.25) is 0 Å². The number of nitrogens with zero attached hydrogens (tertiary/aromatic N) is 1. The third kappa shape index (κ3) is 4.23. The van der Waals surface area contributed by atoms with Gasteiger partial charge in [-0.2, -0.15) is 0 Å². The van der Waals surface area contributed by atoms with Gasteiger partial charge in [0.1, 0.15) is 0 Å². The lowest BCUT2D eigenvalue weighted by atomic mass is 9.86. The fourth-order valence-corrected chi connectivity index (χ4v) is 3.92. The molecule has 0 spiro atoms. The average Bonchev–Trinajstić information content (AvgIpc) is 3.12. The maximum absolute atomic E-state index is 13.4. The van der Waals surface area contributed by atoms with E-state index in [-0.39, 0.29) is 5.97 Å². The lowest BCUT2D eigenvalue weighted by Crippen LogP contribution is -2.42. The highest BCUT2D eigenvalue weighted by atomic mass is 16.6. The molecule has 2 aromatic carbocycles. The van der Waals surface area contributed by atoms with Crippen molar-refractivity contribution in [3.63, 3.8) is 0 Å². The molecule has 3 rings (SSSR count). The van der Waals surface area contributed by atoms with Crippen LogP contribution in [0.3, 0.4) is 0 Å². The molecule has 1 aliphatic rings. The van der Waals surface area contributed by atoms with Gasteiger partial charge in [0, 0.05) is 12.6 Å². The Morgan fingerprint density at radius 3 is 2.15 bits per heavy atom. The zero-order valence-electron chi connectivity index (χ0n) is 16.3. The van der Waals surface area contributed by atoms with Crippen LogP contribution < -0.4 is 0 Å². The van der Waals surface area contributed by atoms with E-state index in [0.717, 1.165) is 24.1 Å². The third-order valence-electron chi connectivity index (χ3n) is 5.36. The summed E-state index contributed by atoms with van der Waals surface area (Å²) in [5.41, 5.74) is 0.348. The summed E-state index contributed by atoms with van der Waals surface area (Å²) in [4.78, 5) is 15.7. The quantitative estimate of drug-likeness (QED) is 0.661. The number of esters is 1. The minimum absolute atomic E-state index is 0.345. The van der Waals surface area contributed by atoms with Crippen molar-refractivity contribution in [2.45, 2.75) is 37.8 Å². The van der Waals surface area contributed by atoms with E-state index in [1.54, 1.807) is 0 Å². The molecule has 1 heterocycles. The van der Waals surface area contributed by atoms with Gasteiger partial charge in [-0.25, -0.2) is 4.79 Å². The van der Waals surface area contributed by atoms with Gasteiger partial charge in [-0.15, -0.1) is 0 Å². The van der Waals surface area contributed by atoms with Crippen LogP contribution in [0.25, 0.3) is 0 Å². The van der Waals surface area contributed by atoms with Crippen molar-refractivity contribution in [2.75, 3.05) is 26.8 Å². The molecule has 0 N–H and O–H groups in total. The van der Waals surface area contributed by atoms with Crippen molar-refractivity contribution in [1.82, 2.24) is 4.90 Å². The number of benzene rings is 2. The van der Waals surface area contributed by atoms with Crippen molar-refractivity contribution in [3.05, 3.63) is 71.8 Å². The summed E-state index contributed by atoms with van der Waals surface area (Å²) in [5.74, 6) is -0.345. The van der Waals surface area contributed by atoms with E-state index in [0.29, 0.717) is 19.3 Å². The molecule has 1 aliphatic heterocycles. The van der Waals surface area contributed by atoms with Crippen LogP contribution >= 0.6 is 0 Å². The number of hydrogen-bond donors (Lipinski definition) is 0. The van der Waals surface area contributed by atoms with Gasteiger partial charge in [0.15, 0.2) is 0 Å². The highest BCUT2D eigenvalue weighted by Crippen LogP contribution is 2.35. The average molecular weight is 367 g/mol. The molecular formula is C23H29NO3. The standard InChI is InChI=1S/C23H29NO3/c1-3-27-23(19-11-6-4-7-12-19,20-13-8-5-9-14-20)22(25)26-18-16-21-15-10-17-24(21)2/h4-9,11-14,21H,3,10,15-18H2,1-2H3. The summed E-state index contributed by atoms with van der Waals surface area (Å²) in [6.07, 6.45) is 3.24. The summed E-state index contributed by atoms with van der Waals surface area (Å²) in [5, 5.41) is 0. The van der Waals surface area contributed by atoms with Gasteiger partial charge in [-0.1, -0.05) is 60.7 Å². The van der Waals surface area contributed by atoms with Crippen molar-refractivity contribution >= 4 is 5.97 Å². The molecule has 144 valence electrons. The van der Waals surface area contributed by atoms with Crippen molar-refractivity contribution < 1.29 is 14.3 Å². The molecule has 1 saturated heterocycles. The predicted octanol–water partition coefficient (Wildman–Crippen LogP) is 3.99. The Kier molecular flexibility index (Phi) is 6.64. The Hall–Kier alpha value is -2.17. The second kappa shape index (κ2) is 9.16. The molecule has 2 aromatic rings. The first-order valence-corrected chi connectivity index (χ1v) is 9.81. The van der Waals surface area contributed by atoms with E-state index in [2.05, 4.69) is 11.9 Å². The third-order valence-corrected chi connectivity index (χ3v) is 5.36. The van der Waals surface area contributed by atoms with Gasteiger partial charge >= 0.3 is 5.97 Å². The predicted molar refractivity (Wildman–Crippen MR) is 107 cm³/mol. The minimum atomic E-state index is -1.24. The molecule has 4 nitrogen and oxygen atoms in total. The SMILES string of the molecule is CCOC(C(=O)OCCC1CCCN1C)(c1ccccc1)c1ccccc1. The van der Waals surface area contributed by atoms with Crippen molar-refractivity contribution in [3.8, 4) is 0 Å². The zero-order chi connectivity index (χ0) is 19.1. The van der Waals surface area contributed by atoms with E-state index in [9.17, 15) is 4.79 Å². The van der Waals surface area contributed by atoms with E-state index in [4.69, 9.17) is 9.47 Å². The molecule has 1 atom stereocenters. The Bertz CT molecular complexity index is 677. The summed E-state index contributed by atoms with van der Waals surface area (Å²) < 4.78 is 11.9. The second-order valence-electron chi connectivity index (χ2n) is 7.05. The van der Waals surface area contributed by atoms with Crippen LogP contribution in [-0.4, -0.2) is 43.7 Å². The normalized spacial score (nSPS) is 17.8. The number of ether oxygens (including phenoxy) is 2. The van der Waals surface area contributed by atoms with Crippen LogP contribution in [0, 0.1) is 0 Å². The second-order valence-corrected chi connectivity index (χ2v) is 7.05. The number of carbonyl (C=O) groups is 1. The summed E-state index contributed by atoms with van der Waals surface area (Å²) in [7, 11) is 2.14. The van der Waals surface area contributed by atoms with Gasteiger partial charge in [0.05, 0.1) is 6.61 Å². The molecule has 0 aromatic heterocycles. The molecule has 27 heavy (non-hydrogen) atoms. The monoisotopic (exact) mass is 367 g/mol. The largest absolute Gasteiger partial charge is 0.463 e. The van der Waals surface area contributed by atoms with E-state index < -0.39 is 5.60 Å². The van der Waals surface area contributed by atoms with Crippen LogP contribution in [0.1, 0.15) is 37.3 Å². The lowest BCUT2D eigenvalue weighted by molar-refractivity contribution is -0.168. The van der Waals surface area contributed by atoms with Crippen LogP contribution in [0.4, 0.5) is 0 Å². The fraction of sp³-hybridized carbons (Fsp3) is 0.435. The highest BCUT2D eigenvalue weighted by Gasteiger charge is 2.44. The smallest absolute Gasteiger partial charge is 0.347 e. The first-order valence-electron chi connectivity index (χ1n) is 9.81. The maximum atomic E-state index is 13.4. The van der Waals surface area contributed by atoms with Gasteiger partial charge in [0.25, 0.3) is 0 Å². The van der Waals surface area contributed by atoms with Crippen LogP contribution in [-0.2, 0) is 19.9 Å². The summed E-state index contributed by atoms with van der Waals surface area (Å²) in [6.45, 7) is 3.84. The molecule has 0 saturated carbocycles. The molecule has 1 fully saturated rings. The van der Waals surface area contributed by atoms with Crippen LogP contribution in [0.5, 0.6) is 0 Å². The zero-order valence-corrected chi connectivity index (χ0v) is 16.3. The lowest BCUT2D eigenvalue weighted by Gasteiger charge is -2.32. The Morgan fingerprint density at radius 2 is 1.67 bits per heavy atom. The summed E-state index contributed by atoms with van der Waals surface area (Å²) >= 11 is 0. The Morgan fingerprint density at radius 1 is 1.07 bits per heavy atom. The molecule has 0 radical (unpaired) electrons. The highest BCUT2D eigenvalue weighted by molar-refractivity contribution is 5.85. The van der Waals surface area contributed by atoms with Crippen molar-refractivity contribution in [2.24, 2.45) is 0 Å². The molecule has 0 amide bonds. The number of hydrogen-bond acceptors (Lipinski definition) is 4. The van der Waals surface area contributed by atoms with Gasteiger partial charge in [-0.3, -0.25) is 0 Å². The van der Waals surface area contributed by atoms with Crippen LogP contribution in [0.15, 0.2) is 60.7 Å².